The summed E-state index contributed by atoms with van der Waals surface area (Å²) in [7, 11) is -4.46. The van der Waals surface area contributed by atoms with Crippen LogP contribution in [0.3, 0.4) is 0 Å². The molecule has 1 N–H and O–H groups in total. The maximum absolute atomic E-state index is 11.5. The SMILES string of the molecule is CC(C)(C)CC(=O)OCOP(=O)(O)OCOC(=O)CC(C)(C)C. The van der Waals surface area contributed by atoms with Gasteiger partial charge in [0.1, 0.15) is 0 Å². The molecule has 0 atom stereocenters. The molecule has 0 fully saturated rings. The molecule has 0 bridgehead atoms. The first kappa shape index (κ1) is 22.1. The van der Waals surface area contributed by atoms with Gasteiger partial charge in [-0.2, -0.15) is 0 Å². The number of rotatable bonds is 8. The number of phosphoric ester groups is 1. The molecule has 8 nitrogen and oxygen atoms in total. The lowest BCUT2D eigenvalue weighted by molar-refractivity contribution is -0.155. The van der Waals surface area contributed by atoms with Gasteiger partial charge in [0.2, 0.25) is 13.6 Å². The maximum atomic E-state index is 11.5. The van der Waals surface area contributed by atoms with E-state index in [9.17, 15) is 19.0 Å². The Bertz CT molecular complexity index is 409. The highest BCUT2D eigenvalue weighted by Gasteiger charge is 2.24. The fourth-order valence-corrected chi connectivity index (χ4v) is 1.77. The summed E-state index contributed by atoms with van der Waals surface area (Å²) in [6.45, 7) is 9.64. The molecule has 136 valence electrons. The number of carbonyl (C=O) groups is 2. The van der Waals surface area contributed by atoms with Crippen molar-refractivity contribution in [1.82, 2.24) is 0 Å². The van der Waals surface area contributed by atoms with E-state index in [1.807, 2.05) is 41.5 Å². The van der Waals surface area contributed by atoms with E-state index in [2.05, 4.69) is 18.5 Å². The van der Waals surface area contributed by atoms with Crippen molar-refractivity contribution in [2.24, 2.45) is 10.8 Å². The number of hydrogen-bond acceptors (Lipinski definition) is 7. The highest BCUT2D eigenvalue weighted by molar-refractivity contribution is 7.47. The summed E-state index contributed by atoms with van der Waals surface area (Å²) in [6.07, 6.45) is 0.273. The summed E-state index contributed by atoms with van der Waals surface area (Å²) in [5.74, 6) is -1.12. The van der Waals surface area contributed by atoms with Crippen molar-refractivity contribution in [3.05, 3.63) is 0 Å². The second kappa shape index (κ2) is 8.78. The minimum Gasteiger partial charge on any atom is -0.438 e. The molecule has 0 aliphatic carbocycles. The fourth-order valence-electron chi connectivity index (χ4n) is 1.32. The molecular formula is C14H27O8P. The molecule has 0 saturated heterocycles. The van der Waals surface area contributed by atoms with Crippen molar-refractivity contribution >= 4 is 19.8 Å². The largest absolute Gasteiger partial charge is 0.478 e. The zero-order valence-corrected chi connectivity index (χ0v) is 15.5. The van der Waals surface area contributed by atoms with Crippen LogP contribution < -0.4 is 0 Å². The van der Waals surface area contributed by atoms with Crippen LogP contribution in [0.2, 0.25) is 0 Å². The Labute approximate surface area is 137 Å². The van der Waals surface area contributed by atoms with Crippen molar-refractivity contribution in [3.63, 3.8) is 0 Å². The molecule has 0 saturated carbocycles. The monoisotopic (exact) mass is 354 g/mol. The third-order valence-corrected chi connectivity index (χ3v) is 3.08. The lowest BCUT2D eigenvalue weighted by atomic mass is 9.92. The van der Waals surface area contributed by atoms with E-state index in [1.54, 1.807) is 0 Å². The quantitative estimate of drug-likeness (QED) is 0.402. The van der Waals surface area contributed by atoms with E-state index in [1.165, 1.54) is 0 Å². The van der Waals surface area contributed by atoms with Crippen LogP contribution in [0.15, 0.2) is 0 Å². The Morgan fingerprint density at radius 3 is 1.39 bits per heavy atom. The molecule has 0 radical (unpaired) electrons. The Kier molecular flexibility index (Phi) is 8.41. The summed E-state index contributed by atoms with van der Waals surface area (Å²) in [5, 5.41) is 0. The number of hydrogen-bond donors (Lipinski definition) is 1. The van der Waals surface area contributed by atoms with E-state index in [-0.39, 0.29) is 23.7 Å². The molecular weight excluding hydrogens is 327 g/mol. The van der Waals surface area contributed by atoms with Crippen LogP contribution in [-0.2, 0) is 32.7 Å². The Balaban J connectivity index is 4.00. The van der Waals surface area contributed by atoms with Crippen molar-refractivity contribution < 1.29 is 37.6 Å². The van der Waals surface area contributed by atoms with Crippen molar-refractivity contribution in [3.8, 4) is 0 Å². The van der Waals surface area contributed by atoms with E-state index in [4.69, 9.17) is 0 Å². The number of carbonyl (C=O) groups excluding carboxylic acids is 2. The summed E-state index contributed by atoms with van der Waals surface area (Å²) in [6, 6.07) is 0. The van der Waals surface area contributed by atoms with Crippen LogP contribution in [0.5, 0.6) is 0 Å². The molecule has 0 aromatic carbocycles. The van der Waals surface area contributed by atoms with Gasteiger partial charge in [-0.1, -0.05) is 41.5 Å². The third-order valence-electron chi connectivity index (χ3n) is 2.22. The topological polar surface area (TPSA) is 108 Å². The Hall–Kier alpha value is -0.950. The van der Waals surface area contributed by atoms with Gasteiger partial charge in [0.05, 0.1) is 12.8 Å². The average Bonchev–Trinajstić information content (AvgIpc) is 2.22. The van der Waals surface area contributed by atoms with Crippen LogP contribution in [-0.4, -0.2) is 30.4 Å². The first-order valence-corrected chi connectivity index (χ1v) is 8.63. The van der Waals surface area contributed by atoms with Crippen LogP contribution in [0.1, 0.15) is 54.4 Å². The number of esters is 2. The van der Waals surface area contributed by atoms with Crippen LogP contribution in [0.4, 0.5) is 0 Å². The summed E-state index contributed by atoms with van der Waals surface area (Å²) in [5.41, 5.74) is -0.532. The molecule has 0 unspecified atom stereocenters. The normalized spacial score (nSPS) is 12.8. The predicted octanol–water partition coefficient (Wildman–Crippen LogP) is 2.99. The maximum Gasteiger partial charge on any atom is 0.478 e. The van der Waals surface area contributed by atoms with Crippen LogP contribution >= 0.6 is 7.82 Å². The van der Waals surface area contributed by atoms with Gasteiger partial charge < -0.3 is 14.4 Å². The van der Waals surface area contributed by atoms with Gasteiger partial charge in [0.25, 0.3) is 0 Å². The van der Waals surface area contributed by atoms with Gasteiger partial charge in [-0.05, 0) is 10.8 Å². The van der Waals surface area contributed by atoms with Crippen LogP contribution in [0, 0.1) is 10.8 Å². The minimum atomic E-state index is -4.46. The van der Waals surface area contributed by atoms with E-state index < -0.39 is 33.3 Å². The predicted molar refractivity (Wildman–Crippen MR) is 82.1 cm³/mol. The molecule has 0 spiro atoms. The molecule has 0 aliphatic rings. The van der Waals surface area contributed by atoms with Crippen LogP contribution in [0.25, 0.3) is 0 Å². The zero-order valence-electron chi connectivity index (χ0n) is 14.6. The Morgan fingerprint density at radius 1 is 0.826 bits per heavy atom. The van der Waals surface area contributed by atoms with Crippen molar-refractivity contribution in [1.29, 1.82) is 0 Å². The number of phosphoric acid groups is 1. The van der Waals surface area contributed by atoms with Gasteiger partial charge in [-0.3, -0.25) is 9.59 Å². The average molecular weight is 354 g/mol. The molecule has 0 aliphatic heterocycles. The number of ether oxygens (including phenoxy) is 2. The van der Waals surface area contributed by atoms with E-state index in [0.29, 0.717) is 0 Å². The molecule has 23 heavy (non-hydrogen) atoms. The fraction of sp³-hybridized carbons (Fsp3) is 0.857. The van der Waals surface area contributed by atoms with Gasteiger partial charge in [-0.15, -0.1) is 0 Å². The molecule has 9 heteroatoms. The lowest BCUT2D eigenvalue weighted by Crippen LogP contribution is -2.17. The summed E-state index contributed by atoms with van der Waals surface area (Å²) in [4.78, 5) is 32.1. The van der Waals surface area contributed by atoms with E-state index >= 15 is 0 Å². The Morgan fingerprint density at radius 2 is 1.13 bits per heavy atom. The summed E-state index contributed by atoms with van der Waals surface area (Å²) >= 11 is 0. The molecule has 0 aromatic rings. The van der Waals surface area contributed by atoms with Crippen molar-refractivity contribution in [2.45, 2.75) is 54.4 Å². The molecule has 0 aromatic heterocycles. The molecule has 0 amide bonds. The smallest absolute Gasteiger partial charge is 0.438 e. The van der Waals surface area contributed by atoms with Gasteiger partial charge in [-0.25, -0.2) is 13.6 Å². The highest BCUT2D eigenvalue weighted by atomic mass is 31.2. The molecule has 0 heterocycles. The minimum absolute atomic E-state index is 0.136. The first-order chi connectivity index (χ1) is 10.2. The molecule has 0 rings (SSSR count). The second-order valence-corrected chi connectivity index (χ2v) is 8.92. The summed E-state index contributed by atoms with van der Waals surface area (Å²) < 4.78 is 29.7. The first-order valence-electron chi connectivity index (χ1n) is 7.13. The van der Waals surface area contributed by atoms with Crippen molar-refractivity contribution in [2.75, 3.05) is 13.6 Å². The van der Waals surface area contributed by atoms with Gasteiger partial charge in [0, 0.05) is 0 Å². The van der Waals surface area contributed by atoms with E-state index in [0.717, 1.165) is 0 Å². The highest BCUT2D eigenvalue weighted by Crippen LogP contribution is 2.43. The van der Waals surface area contributed by atoms with Gasteiger partial charge in [0.15, 0.2) is 0 Å². The zero-order chi connectivity index (χ0) is 18.3. The lowest BCUT2D eigenvalue weighted by Gasteiger charge is -2.18. The standard InChI is InChI=1S/C14H27O8P/c1-13(2,3)7-11(15)19-9-21-23(17,18)22-10-20-12(16)8-14(4,5)6/h7-10H2,1-6H3,(H,17,18). The second-order valence-electron chi connectivity index (χ2n) is 7.47. The third kappa shape index (κ3) is 14.4. The van der Waals surface area contributed by atoms with Gasteiger partial charge >= 0.3 is 19.8 Å².